The van der Waals surface area contributed by atoms with Gasteiger partial charge in [-0.1, -0.05) is 37.3 Å². The monoisotopic (exact) mass is 447 g/mol. The lowest BCUT2D eigenvalue weighted by Gasteiger charge is -2.24. The molecule has 0 bridgehead atoms. The van der Waals surface area contributed by atoms with Crippen LogP contribution in [0.5, 0.6) is 0 Å². The van der Waals surface area contributed by atoms with E-state index >= 15 is 0 Å². The third-order valence-electron chi connectivity index (χ3n) is 5.10. The van der Waals surface area contributed by atoms with Crippen LogP contribution in [-0.4, -0.2) is 32.0 Å². The molecular formula is C22H29N3O5S. The molecule has 0 radical (unpaired) electrons. The zero-order chi connectivity index (χ0) is 23.2. The van der Waals surface area contributed by atoms with Crippen LogP contribution in [0.25, 0.3) is 0 Å². The molecule has 2 aromatic rings. The molecule has 2 aromatic carbocycles. The Balaban J connectivity index is 2.02. The summed E-state index contributed by atoms with van der Waals surface area (Å²) in [6.45, 7) is 5.71. The maximum absolute atomic E-state index is 12.4. The molecule has 0 aliphatic carbocycles. The van der Waals surface area contributed by atoms with Crippen LogP contribution in [0.1, 0.15) is 49.4 Å². The fraction of sp³-hybridized carbons (Fsp3) is 0.409. The maximum atomic E-state index is 12.4. The number of carbonyl (C=O) groups is 1. The van der Waals surface area contributed by atoms with Crippen LogP contribution in [0, 0.1) is 17.0 Å². The summed E-state index contributed by atoms with van der Waals surface area (Å²) in [5.41, 5.74) is 2.89. The number of carbonyl (C=O) groups excluding carboxylic acids is 1. The van der Waals surface area contributed by atoms with Gasteiger partial charge in [0.2, 0.25) is 15.9 Å². The topological polar surface area (TPSA) is 110 Å². The molecular weight excluding hydrogens is 418 g/mol. The van der Waals surface area contributed by atoms with Crippen molar-refractivity contribution in [2.75, 3.05) is 17.1 Å². The summed E-state index contributed by atoms with van der Waals surface area (Å²) in [7, 11) is -3.67. The zero-order valence-corrected chi connectivity index (χ0v) is 19.1. The van der Waals surface area contributed by atoms with E-state index in [1.54, 1.807) is 6.92 Å². The van der Waals surface area contributed by atoms with Gasteiger partial charge in [0.1, 0.15) is 0 Å². The molecule has 0 saturated heterocycles. The molecule has 9 heteroatoms. The van der Waals surface area contributed by atoms with Crippen molar-refractivity contribution >= 4 is 27.3 Å². The molecule has 8 nitrogen and oxygen atoms in total. The molecule has 31 heavy (non-hydrogen) atoms. The summed E-state index contributed by atoms with van der Waals surface area (Å²) in [5, 5.41) is 14.0. The van der Waals surface area contributed by atoms with Gasteiger partial charge < -0.3 is 5.32 Å². The predicted molar refractivity (Wildman–Crippen MR) is 122 cm³/mol. The average Bonchev–Trinajstić information content (AvgIpc) is 2.71. The quantitative estimate of drug-likeness (QED) is 0.439. The zero-order valence-electron chi connectivity index (χ0n) is 18.3. The Morgan fingerprint density at radius 3 is 2.39 bits per heavy atom. The van der Waals surface area contributed by atoms with Gasteiger partial charge >= 0.3 is 0 Å². The van der Waals surface area contributed by atoms with Crippen LogP contribution in [-0.2, 0) is 21.2 Å². The van der Waals surface area contributed by atoms with Crippen molar-refractivity contribution in [1.82, 2.24) is 5.32 Å². The number of nitro groups is 1. The minimum Gasteiger partial charge on any atom is -0.350 e. The Hall–Kier alpha value is -2.94. The summed E-state index contributed by atoms with van der Waals surface area (Å²) in [6.07, 6.45) is 2.41. The molecule has 2 rings (SSSR count). The van der Waals surface area contributed by atoms with E-state index in [-0.39, 0.29) is 42.7 Å². The average molecular weight is 448 g/mol. The van der Waals surface area contributed by atoms with Crippen LogP contribution in [0.4, 0.5) is 11.4 Å². The molecule has 1 N–H and O–H groups in total. The number of hydrogen-bond donors (Lipinski definition) is 1. The van der Waals surface area contributed by atoms with E-state index in [9.17, 15) is 23.3 Å². The molecule has 0 fully saturated rings. The highest BCUT2D eigenvalue weighted by atomic mass is 32.2. The van der Waals surface area contributed by atoms with Crippen LogP contribution in [0.2, 0.25) is 0 Å². The number of non-ortho nitro benzene ring substituents is 1. The first-order chi connectivity index (χ1) is 14.5. The Morgan fingerprint density at radius 1 is 1.19 bits per heavy atom. The summed E-state index contributed by atoms with van der Waals surface area (Å²) >= 11 is 0. The number of nitrogens with zero attached hydrogens (tertiary/aromatic N) is 2. The number of benzene rings is 2. The first-order valence-corrected chi connectivity index (χ1v) is 12.0. The smallest absolute Gasteiger partial charge is 0.271 e. The lowest BCUT2D eigenvalue weighted by molar-refractivity contribution is -0.384. The van der Waals surface area contributed by atoms with Crippen LogP contribution in [0.15, 0.2) is 42.5 Å². The number of amides is 1. The van der Waals surface area contributed by atoms with Gasteiger partial charge in [-0.3, -0.25) is 19.2 Å². The highest BCUT2D eigenvalue weighted by Gasteiger charge is 2.22. The minimum atomic E-state index is -3.67. The van der Waals surface area contributed by atoms with Crippen molar-refractivity contribution in [1.29, 1.82) is 0 Å². The molecule has 1 amide bonds. The fourth-order valence-corrected chi connectivity index (χ4v) is 4.28. The molecule has 0 saturated carbocycles. The number of nitrogens with one attached hydrogen (secondary N) is 1. The highest BCUT2D eigenvalue weighted by molar-refractivity contribution is 7.92. The molecule has 0 aromatic heterocycles. The number of sulfonamides is 1. The molecule has 0 aliphatic rings. The maximum Gasteiger partial charge on any atom is 0.271 e. The van der Waals surface area contributed by atoms with E-state index in [4.69, 9.17) is 0 Å². The fourth-order valence-electron chi connectivity index (χ4n) is 3.27. The van der Waals surface area contributed by atoms with E-state index < -0.39 is 14.9 Å². The minimum absolute atomic E-state index is 0.0494. The molecule has 0 unspecified atom stereocenters. The van der Waals surface area contributed by atoms with E-state index in [1.807, 2.05) is 31.2 Å². The largest absolute Gasteiger partial charge is 0.350 e. The van der Waals surface area contributed by atoms with Gasteiger partial charge in [-0.2, -0.15) is 0 Å². The number of rotatable bonds is 10. The standard InChI is InChI=1S/C22H29N3O5S/c1-5-18-9-11-19(12-10-18)17(3)23-22(26)7-6-14-24(31(4,29)30)21-15-20(25(27)28)13-8-16(21)2/h8-13,15,17H,5-7,14H2,1-4H3,(H,23,26)/t17-/m1/s1. The lowest BCUT2D eigenvalue weighted by atomic mass is 10.0. The third kappa shape index (κ3) is 6.78. The van der Waals surface area contributed by atoms with E-state index in [0.717, 1.165) is 22.5 Å². The number of hydrogen-bond acceptors (Lipinski definition) is 5. The first-order valence-electron chi connectivity index (χ1n) is 10.1. The summed E-state index contributed by atoms with van der Waals surface area (Å²) in [6, 6.07) is 12.0. The Bertz CT molecular complexity index is 1040. The molecule has 1 atom stereocenters. The van der Waals surface area contributed by atoms with Gasteiger partial charge in [-0.15, -0.1) is 0 Å². The van der Waals surface area contributed by atoms with Gasteiger partial charge in [-0.25, -0.2) is 8.42 Å². The second-order valence-corrected chi connectivity index (χ2v) is 9.46. The van der Waals surface area contributed by atoms with Crippen LogP contribution < -0.4 is 9.62 Å². The van der Waals surface area contributed by atoms with Gasteiger partial charge in [0.25, 0.3) is 5.69 Å². The normalized spacial score (nSPS) is 12.3. The number of nitro benzene ring substituents is 1. The van der Waals surface area contributed by atoms with Crippen molar-refractivity contribution in [3.63, 3.8) is 0 Å². The Morgan fingerprint density at radius 2 is 1.84 bits per heavy atom. The third-order valence-corrected chi connectivity index (χ3v) is 6.28. The molecule has 0 heterocycles. The van der Waals surface area contributed by atoms with Crippen molar-refractivity contribution in [3.05, 3.63) is 69.3 Å². The van der Waals surface area contributed by atoms with Crippen LogP contribution >= 0.6 is 0 Å². The van der Waals surface area contributed by atoms with Crippen molar-refractivity contribution in [2.24, 2.45) is 0 Å². The van der Waals surface area contributed by atoms with Crippen molar-refractivity contribution in [3.8, 4) is 0 Å². The second-order valence-electron chi connectivity index (χ2n) is 7.55. The molecule has 0 aliphatic heterocycles. The lowest BCUT2D eigenvalue weighted by Crippen LogP contribution is -2.33. The summed E-state index contributed by atoms with van der Waals surface area (Å²) < 4.78 is 25.7. The van der Waals surface area contributed by atoms with Crippen molar-refractivity contribution < 1.29 is 18.1 Å². The van der Waals surface area contributed by atoms with Crippen LogP contribution in [0.3, 0.4) is 0 Å². The van der Waals surface area contributed by atoms with Gasteiger partial charge in [0, 0.05) is 25.1 Å². The second kappa shape index (κ2) is 10.4. The molecule has 168 valence electrons. The van der Waals surface area contributed by atoms with Gasteiger partial charge in [-0.05, 0) is 43.4 Å². The van der Waals surface area contributed by atoms with E-state index in [0.29, 0.717) is 5.56 Å². The highest BCUT2D eigenvalue weighted by Crippen LogP contribution is 2.27. The van der Waals surface area contributed by atoms with Gasteiger partial charge in [0.05, 0.1) is 22.9 Å². The SMILES string of the molecule is CCc1ccc([C@@H](C)NC(=O)CCCN(c2cc([N+](=O)[O-])ccc2C)S(C)(=O)=O)cc1. The number of anilines is 1. The van der Waals surface area contributed by atoms with E-state index in [1.165, 1.54) is 23.8 Å². The number of aryl methyl sites for hydroxylation is 2. The van der Waals surface area contributed by atoms with Gasteiger partial charge in [0.15, 0.2) is 0 Å². The summed E-state index contributed by atoms with van der Waals surface area (Å²) in [5.74, 6) is -0.184. The first kappa shape index (κ1) is 24.3. The Labute approximate surface area is 183 Å². The molecule has 0 spiro atoms. The Kier molecular flexibility index (Phi) is 8.15. The van der Waals surface area contributed by atoms with Crippen molar-refractivity contribution in [2.45, 2.75) is 46.1 Å². The van der Waals surface area contributed by atoms with E-state index in [2.05, 4.69) is 12.2 Å². The summed E-state index contributed by atoms with van der Waals surface area (Å²) in [4.78, 5) is 22.9. The predicted octanol–water partition coefficient (Wildman–Crippen LogP) is 3.89.